The zero-order valence-corrected chi connectivity index (χ0v) is 11.0. The van der Waals surface area contributed by atoms with Crippen LogP contribution in [0.5, 0.6) is 0 Å². The highest BCUT2D eigenvalue weighted by Gasteiger charge is 2.51. The van der Waals surface area contributed by atoms with E-state index in [0.717, 1.165) is 17.8 Å². The van der Waals surface area contributed by atoms with Crippen LogP contribution in [0.1, 0.15) is 38.5 Å². The third-order valence-corrected chi connectivity index (χ3v) is 5.17. The van der Waals surface area contributed by atoms with Gasteiger partial charge in [-0.05, 0) is 56.3 Å². The predicted octanol–water partition coefficient (Wildman–Crippen LogP) is 2.50. The first-order valence-electron chi connectivity index (χ1n) is 7.29. The number of H-pyrrole nitrogens is 1. The minimum absolute atomic E-state index is 0.0683. The molecule has 1 heterocycles. The van der Waals surface area contributed by atoms with Crippen LogP contribution in [0.25, 0.3) is 0 Å². The number of anilines is 1. The Hall–Kier alpha value is -1.52. The number of aromatic nitrogens is 2. The molecule has 4 saturated carbocycles. The van der Waals surface area contributed by atoms with Crippen molar-refractivity contribution < 1.29 is 4.79 Å². The van der Waals surface area contributed by atoms with E-state index < -0.39 is 0 Å². The van der Waals surface area contributed by atoms with Crippen LogP contribution in [0.4, 0.5) is 10.6 Å². The molecule has 1 aromatic rings. The Bertz CT molecular complexity index is 446. The van der Waals surface area contributed by atoms with Gasteiger partial charge in [0.25, 0.3) is 0 Å². The lowest BCUT2D eigenvalue weighted by Gasteiger charge is -2.56. The number of carbonyl (C=O) groups excluding carboxylic acids is 1. The maximum atomic E-state index is 12.1. The molecule has 0 aliphatic heterocycles. The van der Waals surface area contributed by atoms with Crippen LogP contribution in [0.15, 0.2) is 12.3 Å². The van der Waals surface area contributed by atoms with Gasteiger partial charge >= 0.3 is 6.03 Å². The molecular formula is C14H20N4O. The number of amides is 2. The largest absolute Gasteiger partial charge is 0.332 e. The van der Waals surface area contributed by atoms with Gasteiger partial charge in [0, 0.05) is 11.6 Å². The number of hydrogen-bond donors (Lipinski definition) is 3. The highest BCUT2D eigenvalue weighted by atomic mass is 16.2. The standard InChI is InChI=1S/C14H20N4O/c19-13(16-12-1-2-15-18-12)17-14-6-9-3-10(7-14)5-11(4-9)8-14/h1-2,9-11H,3-8H2,(H3,15,16,17,18,19). The van der Waals surface area contributed by atoms with E-state index in [1.165, 1.54) is 38.5 Å². The summed E-state index contributed by atoms with van der Waals surface area (Å²) in [5, 5.41) is 12.7. The molecule has 19 heavy (non-hydrogen) atoms. The molecule has 3 N–H and O–H groups in total. The first-order chi connectivity index (χ1) is 9.21. The Morgan fingerprint density at radius 2 is 1.84 bits per heavy atom. The summed E-state index contributed by atoms with van der Waals surface area (Å²) >= 11 is 0. The second kappa shape index (κ2) is 3.99. The summed E-state index contributed by atoms with van der Waals surface area (Å²) in [6.45, 7) is 0. The topological polar surface area (TPSA) is 69.8 Å². The summed E-state index contributed by atoms with van der Waals surface area (Å²) < 4.78 is 0. The Labute approximate surface area is 112 Å². The van der Waals surface area contributed by atoms with Crippen molar-refractivity contribution in [2.24, 2.45) is 17.8 Å². The van der Waals surface area contributed by atoms with Gasteiger partial charge < -0.3 is 5.32 Å². The first kappa shape index (κ1) is 11.3. The van der Waals surface area contributed by atoms with Crippen molar-refractivity contribution in [3.8, 4) is 0 Å². The molecule has 0 unspecified atom stereocenters. The van der Waals surface area contributed by atoms with Crippen molar-refractivity contribution in [1.29, 1.82) is 0 Å². The van der Waals surface area contributed by atoms with E-state index in [1.54, 1.807) is 12.3 Å². The average molecular weight is 260 g/mol. The maximum Gasteiger partial charge on any atom is 0.320 e. The Morgan fingerprint density at radius 3 is 2.37 bits per heavy atom. The van der Waals surface area contributed by atoms with Crippen molar-refractivity contribution in [2.45, 2.75) is 44.1 Å². The molecule has 0 saturated heterocycles. The molecular weight excluding hydrogens is 240 g/mol. The van der Waals surface area contributed by atoms with Crippen molar-refractivity contribution in [1.82, 2.24) is 15.5 Å². The molecule has 102 valence electrons. The van der Waals surface area contributed by atoms with Crippen LogP contribution in [-0.4, -0.2) is 21.8 Å². The summed E-state index contributed by atoms with van der Waals surface area (Å²) in [6, 6.07) is 1.67. The van der Waals surface area contributed by atoms with E-state index >= 15 is 0 Å². The molecule has 5 nitrogen and oxygen atoms in total. The number of aromatic amines is 1. The van der Waals surface area contributed by atoms with E-state index in [2.05, 4.69) is 20.8 Å². The van der Waals surface area contributed by atoms with Gasteiger partial charge in [0.2, 0.25) is 0 Å². The van der Waals surface area contributed by atoms with Crippen molar-refractivity contribution in [2.75, 3.05) is 5.32 Å². The SMILES string of the molecule is O=C(Nc1ccn[nH]1)NC12CC3CC(CC(C3)C1)C2. The maximum absolute atomic E-state index is 12.1. The Kier molecular flexibility index (Phi) is 2.37. The molecule has 1 aromatic heterocycles. The zero-order valence-electron chi connectivity index (χ0n) is 11.0. The lowest BCUT2D eigenvalue weighted by atomic mass is 9.53. The third-order valence-electron chi connectivity index (χ3n) is 5.17. The quantitative estimate of drug-likeness (QED) is 0.764. The van der Waals surface area contributed by atoms with Gasteiger partial charge in [-0.15, -0.1) is 0 Å². The third kappa shape index (κ3) is 2.01. The average Bonchev–Trinajstić information content (AvgIpc) is 2.78. The molecule has 4 aliphatic carbocycles. The first-order valence-corrected chi connectivity index (χ1v) is 7.29. The van der Waals surface area contributed by atoms with Crippen LogP contribution in [0, 0.1) is 17.8 Å². The lowest BCUT2D eigenvalue weighted by molar-refractivity contribution is -0.0127. The molecule has 0 aromatic carbocycles. The second-order valence-corrected chi connectivity index (χ2v) is 6.75. The van der Waals surface area contributed by atoms with Gasteiger partial charge in [0.1, 0.15) is 5.82 Å². The summed E-state index contributed by atoms with van der Waals surface area (Å²) in [5.41, 5.74) is 0.0683. The molecule has 5 heteroatoms. The smallest absolute Gasteiger partial charge is 0.320 e. The van der Waals surface area contributed by atoms with E-state index in [0.29, 0.717) is 5.82 Å². The zero-order chi connectivity index (χ0) is 12.9. The van der Waals surface area contributed by atoms with Crippen LogP contribution in [0.3, 0.4) is 0 Å². The van der Waals surface area contributed by atoms with E-state index in [4.69, 9.17) is 0 Å². The van der Waals surface area contributed by atoms with Crippen LogP contribution < -0.4 is 10.6 Å². The molecule has 0 spiro atoms. The fourth-order valence-electron chi connectivity index (χ4n) is 4.98. The predicted molar refractivity (Wildman–Crippen MR) is 71.6 cm³/mol. The van der Waals surface area contributed by atoms with Crippen LogP contribution in [0.2, 0.25) is 0 Å². The van der Waals surface area contributed by atoms with Gasteiger partial charge in [-0.3, -0.25) is 10.4 Å². The number of rotatable bonds is 2. The van der Waals surface area contributed by atoms with Crippen molar-refractivity contribution in [3.63, 3.8) is 0 Å². The van der Waals surface area contributed by atoms with E-state index in [1.807, 2.05) is 0 Å². The fraction of sp³-hybridized carbons (Fsp3) is 0.714. The molecule has 4 aliphatic rings. The summed E-state index contributed by atoms with van der Waals surface area (Å²) in [4.78, 5) is 12.1. The molecule has 5 rings (SSSR count). The Morgan fingerprint density at radius 1 is 1.21 bits per heavy atom. The summed E-state index contributed by atoms with van der Waals surface area (Å²) in [7, 11) is 0. The number of nitrogens with zero attached hydrogens (tertiary/aromatic N) is 1. The van der Waals surface area contributed by atoms with Crippen molar-refractivity contribution in [3.05, 3.63) is 12.3 Å². The van der Waals surface area contributed by atoms with Gasteiger partial charge in [-0.25, -0.2) is 4.79 Å². The van der Waals surface area contributed by atoms with Gasteiger partial charge in [0.05, 0.1) is 6.20 Å². The monoisotopic (exact) mass is 260 g/mol. The van der Waals surface area contributed by atoms with Crippen molar-refractivity contribution >= 4 is 11.8 Å². The van der Waals surface area contributed by atoms with E-state index in [9.17, 15) is 4.79 Å². The second-order valence-electron chi connectivity index (χ2n) is 6.75. The minimum atomic E-state index is -0.0915. The fourth-order valence-corrected chi connectivity index (χ4v) is 4.98. The molecule has 2 amide bonds. The lowest BCUT2D eigenvalue weighted by Crippen LogP contribution is -2.60. The number of nitrogens with one attached hydrogen (secondary N) is 3. The number of carbonyl (C=O) groups is 1. The molecule has 4 fully saturated rings. The molecule has 0 atom stereocenters. The van der Waals surface area contributed by atoms with Gasteiger partial charge in [-0.1, -0.05) is 0 Å². The number of hydrogen-bond acceptors (Lipinski definition) is 2. The minimum Gasteiger partial charge on any atom is -0.332 e. The van der Waals surface area contributed by atoms with E-state index in [-0.39, 0.29) is 11.6 Å². The number of urea groups is 1. The summed E-state index contributed by atoms with van der Waals surface area (Å²) in [6.07, 6.45) is 9.34. The molecule has 4 bridgehead atoms. The normalized spacial score (nSPS) is 39.3. The highest BCUT2D eigenvalue weighted by molar-refractivity contribution is 5.88. The van der Waals surface area contributed by atoms with Gasteiger partial charge in [-0.2, -0.15) is 5.10 Å². The highest BCUT2D eigenvalue weighted by Crippen LogP contribution is 2.55. The van der Waals surface area contributed by atoms with Gasteiger partial charge in [0.15, 0.2) is 0 Å². The van der Waals surface area contributed by atoms with Crippen LogP contribution >= 0.6 is 0 Å². The molecule has 0 radical (unpaired) electrons. The van der Waals surface area contributed by atoms with Crippen LogP contribution in [-0.2, 0) is 0 Å². The summed E-state index contributed by atoms with van der Waals surface area (Å²) in [5.74, 6) is 3.19. The Balaban J connectivity index is 1.46.